The van der Waals surface area contributed by atoms with E-state index in [0.717, 1.165) is 5.06 Å². The average molecular weight is 105 g/mol. The number of nitrogens with zero attached hydrogens (tertiary/aromatic N) is 1. The Bertz CT molecular complexity index is 70.6. The van der Waals surface area contributed by atoms with Crippen LogP contribution in [-0.4, -0.2) is 30.4 Å². The van der Waals surface area contributed by atoms with Crippen molar-refractivity contribution in [1.29, 1.82) is 0 Å². The fourth-order valence-electron chi connectivity index (χ4n) is 0.156. The molecule has 0 saturated heterocycles. The van der Waals surface area contributed by atoms with Crippen molar-refractivity contribution in [3.63, 3.8) is 0 Å². The lowest BCUT2D eigenvalue weighted by Gasteiger charge is -2.03. The highest BCUT2D eigenvalue weighted by Crippen LogP contribution is 1.76. The quantitative estimate of drug-likeness (QED) is 0.482. The maximum atomic E-state index is 9.55. The molecule has 0 aliphatic carbocycles. The summed E-state index contributed by atoms with van der Waals surface area (Å²) in [5.74, 6) is 0. The number of carbonyl (C=O) groups is 1. The minimum atomic E-state index is -1.29. The van der Waals surface area contributed by atoms with Crippen molar-refractivity contribution < 1.29 is 14.7 Å². The third kappa shape index (κ3) is 5.23. The van der Waals surface area contributed by atoms with E-state index in [9.17, 15) is 4.79 Å². The van der Waals surface area contributed by atoms with Gasteiger partial charge < -0.3 is 9.94 Å². The number of hydroxylamine groups is 2. The van der Waals surface area contributed by atoms with Gasteiger partial charge >= 0.3 is 6.16 Å². The van der Waals surface area contributed by atoms with Crippen molar-refractivity contribution in [2.24, 2.45) is 0 Å². The van der Waals surface area contributed by atoms with Gasteiger partial charge in [0.15, 0.2) is 0 Å². The fraction of sp³-hybridized carbons (Fsp3) is 0.667. The van der Waals surface area contributed by atoms with Gasteiger partial charge in [-0.15, -0.1) is 5.06 Å². The Kier molecular flexibility index (Phi) is 2.15. The molecule has 0 amide bonds. The molecular formula is C3H7NO3. The summed E-state index contributed by atoms with van der Waals surface area (Å²) < 4.78 is 0. The molecule has 7 heavy (non-hydrogen) atoms. The number of carboxylic acid groups (broad SMARTS) is 1. The lowest BCUT2D eigenvalue weighted by atomic mass is 11.2. The van der Waals surface area contributed by atoms with Crippen molar-refractivity contribution in [2.45, 2.75) is 0 Å². The Morgan fingerprint density at radius 3 is 2.14 bits per heavy atom. The zero-order valence-corrected chi connectivity index (χ0v) is 4.21. The molecule has 1 N–H and O–H groups in total. The molecule has 0 aromatic carbocycles. The molecule has 0 aliphatic heterocycles. The highest BCUT2D eigenvalue weighted by atomic mass is 16.8. The molecule has 0 bridgehead atoms. The van der Waals surface area contributed by atoms with Crippen LogP contribution in [0.4, 0.5) is 4.79 Å². The van der Waals surface area contributed by atoms with Gasteiger partial charge in [-0.3, -0.25) is 0 Å². The molecule has 0 spiro atoms. The fourth-order valence-corrected chi connectivity index (χ4v) is 0.156. The van der Waals surface area contributed by atoms with Crippen molar-refractivity contribution in [2.75, 3.05) is 14.1 Å². The first-order chi connectivity index (χ1) is 3.13. The van der Waals surface area contributed by atoms with Crippen molar-refractivity contribution >= 4 is 6.16 Å². The topological polar surface area (TPSA) is 49.8 Å². The van der Waals surface area contributed by atoms with Crippen LogP contribution in [0.5, 0.6) is 0 Å². The van der Waals surface area contributed by atoms with E-state index in [1.165, 1.54) is 14.1 Å². The standard InChI is InChI=1S/C3H7NO3/c1-4(2)7-3(5)6/h1-2H3,(H,5,6). The second kappa shape index (κ2) is 2.41. The van der Waals surface area contributed by atoms with E-state index in [-0.39, 0.29) is 0 Å². The Morgan fingerprint density at radius 2 is 2.14 bits per heavy atom. The minimum Gasteiger partial charge on any atom is -0.448 e. The first kappa shape index (κ1) is 6.23. The largest absolute Gasteiger partial charge is 0.525 e. The summed E-state index contributed by atoms with van der Waals surface area (Å²) in [7, 11) is 2.99. The summed E-state index contributed by atoms with van der Waals surface area (Å²) in [6.45, 7) is 0. The molecule has 0 fully saturated rings. The summed E-state index contributed by atoms with van der Waals surface area (Å²) >= 11 is 0. The molecule has 0 rings (SSSR count). The molecule has 0 atom stereocenters. The summed E-state index contributed by atoms with van der Waals surface area (Å²) in [5.41, 5.74) is 0. The van der Waals surface area contributed by atoms with E-state index in [0.29, 0.717) is 0 Å². The average Bonchev–Trinajstić information content (AvgIpc) is 1.27. The van der Waals surface area contributed by atoms with Crippen LogP contribution in [0.25, 0.3) is 0 Å². The van der Waals surface area contributed by atoms with Gasteiger partial charge in [-0.25, -0.2) is 4.79 Å². The highest BCUT2D eigenvalue weighted by molar-refractivity contribution is 5.56. The molecule has 0 heterocycles. The van der Waals surface area contributed by atoms with Gasteiger partial charge in [-0.2, -0.15) is 0 Å². The van der Waals surface area contributed by atoms with E-state index in [1.807, 2.05) is 0 Å². The molecule has 0 unspecified atom stereocenters. The summed E-state index contributed by atoms with van der Waals surface area (Å²) in [6.07, 6.45) is -1.29. The summed E-state index contributed by atoms with van der Waals surface area (Å²) in [5, 5.41) is 8.92. The lowest BCUT2D eigenvalue weighted by Crippen LogP contribution is -2.16. The predicted octanol–water partition coefficient (Wildman–Crippen LogP) is 0.158. The molecular weight excluding hydrogens is 98.0 g/mol. The second-order valence-electron chi connectivity index (χ2n) is 1.17. The molecule has 0 radical (unpaired) electrons. The smallest absolute Gasteiger partial charge is 0.448 e. The van der Waals surface area contributed by atoms with Gasteiger partial charge in [0.05, 0.1) is 0 Å². The van der Waals surface area contributed by atoms with Crippen molar-refractivity contribution in [3.8, 4) is 0 Å². The van der Waals surface area contributed by atoms with Crippen LogP contribution >= 0.6 is 0 Å². The normalized spacial score (nSPS) is 9.00. The van der Waals surface area contributed by atoms with Crippen molar-refractivity contribution in [3.05, 3.63) is 0 Å². The summed E-state index contributed by atoms with van der Waals surface area (Å²) in [4.78, 5) is 13.5. The van der Waals surface area contributed by atoms with Crippen LogP contribution in [0.1, 0.15) is 0 Å². The van der Waals surface area contributed by atoms with Crippen LogP contribution < -0.4 is 0 Å². The number of rotatable bonds is 1. The first-order valence-corrected chi connectivity index (χ1v) is 1.71. The van der Waals surface area contributed by atoms with Crippen LogP contribution in [0.3, 0.4) is 0 Å². The SMILES string of the molecule is CN(C)OC(=O)O. The third-order valence-corrected chi connectivity index (χ3v) is 0.261. The third-order valence-electron chi connectivity index (χ3n) is 0.261. The van der Waals surface area contributed by atoms with Gasteiger partial charge in [0.25, 0.3) is 0 Å². The van der Waals surface area contributed by atoms with E-state index in [2.05, 4.69) is 4.84 Å². The Balaban J connectivity index is 3.13. The van der Waals surface area contributed by atoms with Gasteiger partial charge in [0.1, 0.15) is 0 Å². The van der Waals surface area contributed by atoms with Gasteiger partial charge in [0.2, 0.25) is 0 Å². The summed E-state index contributed by atoms with van der Waals surface area (Å²) in [6, 6.07) is 0. The zero-order chi connectivity index (χ0) is 5.86. The lowest BCUT2D eigenvalue weighted by molar-refractivity contribution is -0.0797. The highest BCUT2D eigenvalue weighted by Gasteiger charge is 1.94. The van der Waals surface area contributed by atoms with Crippen LogP contribution in [-0.2, 0) is 4.84 Å². The van der Waals surface area contributed by atoms with E-state index in [1.54, 1.807) is 0 Å². The Hall–Kier alpha value is -0.770. The minimum absolute atomic E-state index is 1.10. The van der Waals surface area contributed by atoms with Crippen LogP contribution in [0, 0.1) is 0 Å². The molecule has 0 aromatic heterocycles. The van der Waals surface area contributed by atoms with Gasteiger partial charge in [-0.1, -0.05) is 0 Å². The number of hydrogen-bond acceptors (Lipinski definition) is 3. The van der Waals surface area contributed by atoms with Gasteiger partial charge in [-0.05, 0) is 0 Å². The Labute approximate surface area is 41.3 Å². The van der Waals surface area contributed by atoms with Crippen LogP contribution in [0.2, 0.25) is 0 Å². The number of hydrogen-bond donors (Lipinski definition) is 1. The molecule has 4 nitrogen and oxygen atoms in total. The predicted molar refractivity (Wildman–Crippen MR) is 22.8 cm³/mol. The monoisotopic (exact) mass is 105 g/mol. The van der Waals surface area contributed by atoms with E-state index >= 15 is 0 Å². The maximum absolute atomic E-state index is 9.55. The zero-order valence-electron chi connectivity index (χ0n) is 4.21. The van der Waals surface area contributed by atoms with E-state index in [4.69, 9.17) is 5.11 Å². The molecule has 42 valence electrons. The maximum Gasteiger partial charge on any atom is 0.525 e. The first-order valence-electron chi connectivity index (χ1n) is 1.71. The Morgan fingerprint density at radius 1 is 1.71 bits per heavy atom. The van der Waals surface area contributed by atoms with Crippen molar-refractivity contribution in [1.82, 2.24) is 5.06 Å². The molecule has 0 saturated carbocycles. The molecule has 0 aliphatic rings. The van der Waals surface area contributed by atoms with Crippen LogP contribution in [0.15, 0.2) is 0 Å². The second-order valence-corrected chi connectivity index (χ2v) is 1.17. The van der Waals surface area contributed by atoms with E-state index < -0.39 is 6.16 Å². The molecule has 0 aromatic rings. The molecule has 4 heteroatoms. The van der Waals surface area contributed by atoms with Gasteiger partial charge in [0, 0.05) is 14.1 Å².